The van der Waals surface area contributed by atoms with E-state index < -0.39 is 17.3 Å². The smallest absolute Gasteiger partial charge is 0.339 e. The number of phenolic OH excluding ortho intramolecular Hbond substituents is 1. The lowest BCUT2D eigenvalue weighted by Crippen LogP contribution is -2.12. The molecule has 152 valence electrons. The van der Waals surface area contributed by atoms with Gasteiger partial charge in [-0.25, -0.2) is 9.18 Å². The van der Waals surface area contributed by atoms with Crippen molar-refractivity contribution in [1.82, 2.24) is 0 Å². The summed E-state index contributed by atoms with van der Waals surface area (Å²) in [6, 6.07) is 7.33. The molecule has 0 spiro atoms. The monoisotopic (exact) mass is 854 g/mol. The van der Waals surface area contributed by atoms with Crippen LogP contribution in [0.15, 0.2) is 39.5 Å². The Morgan fingerprint density at radius 1 is 1.00 bits per heavy atom. The van der Waals surface area contributed by atoms with E-state index in [0.29, 0.717) is 30.8 Å². The lowest BCUT2D eigenvalue weighted by molar-refractivity contribution is 0.0693. The number of hydrogen-bond donors (Lipinski definition) is 2. The lowest BCUT2D eigenvalue weighted by Gasteiger charge is -2.19. The number of halogens is 5. The summed E-state index contributed by atoms with van der Waals surface area (Å²) in [7, 11) is 0. The highest BCUT2D eigenvalue weighted by atomic mass is 127. The average Bonchev–Trinajstić information content (AvgIpc) is 2.69. The molecule has 1 aliphatic heterocycles. The third-order valence-electron chi connectivity index (χ3n) is 4.52. The second-order valence-electron chi connectivity index (χ2n) is 6.22. The van der Waals surface area contributed by atoms with Crippen LogP contribution in [-0.2, 0) is 0 Å². The number of benzene rings is 3. The topological polar surface area (TPSA) is 87.7 Å². The van der Waals surface area contributed by atoms with Crippen LogP contribution in [0.2, 0.25) is 0 Å². The zero-order valence-corrected chi connectivity index (χ0v) is 23.0. The minimum absolute atomic E-state index is 0.0123. The van der Waals surface area contributed by atoms with Gasteiger partial charge in [-0.3, -0.25) is 4.79 Å². The maximum atomic E-state index is 14.5. The van der Waals surface area contributed by atoms with Crippen molar-refractivity contribution in [2.24, 2.45) is 0 Å². The number of hydrogen-bond acceptors (Lipinski definition) is 4. The van der Waals surface area contributed by atoms with Crippen molar-refractivity contribution < 1.29 is 23.8 Å². The van der Waals surface area contributed by atoms with Crippen LogP contribution >= 0.6 is 90.4 Å². The second-order valence-corrected chi connectivity index (χ2v) is 10.7. The maximum Gasteiger partial charge on any atom is 0.339 e. The molecule has 0 saturated heterocycles. The van der Waals surface area contributed by atoms with Gasteiger partial charge in [0.2, 0.25) is 5.43 Å². The van der Waals surface area contributed by atoms with Gasteiger partial charge in [0.25, 0.3) is 0 Å². The molecule has 0 atom stereocenters. The Morgan fingerprint density at radius 3 is 2.37 bits per heavy atom. The molecule has 4 rings (SSSR count). The standard InChI is InChI=1S/C20H7FI4O5/c21-9-3-1-2-6(13(9)20(28)29)12-7-4-10(22)16(26)14(24)18(7)30-19-8(12)5-11(23)17(27)15(19)25/h1-5,26H,(H,28,29). The van der Waals surface area contributed by atoms with E-state index in [0.717, 1.165) is 6.07 Å². The maximum absolute atomic E-state index is 14.5. The fraction of sp³-hybridized carbons (Fsp3) is 0. The molecule has 0 fully saturated rings. The van der Waals surface area contributed by atoms with Crippen molar-refractivity contribution in [3.05, 3.63) is 66.2 Å². The van der Waals surface area contributed by atoms with E-state index in [2.05, 4.69) is 0 Å². The van der Waals surface area contributed by atoms with Crippen molar-refractivity contribution in [3.8, 4) is 28.2 Å². The van der Waals surface area contributed by atoms with Crippen molar-refractivity contribution >= 4 is 107 Å². The molecule has 5 nitrogen and oxygen atoms in total. The van der Waals surface area contributed by atoms with Crippen LogP contribution < -0.4 is 5.43 Å². The van der Waals surface area contributed by atoms with Gasteiger partial charge < -0.3 is 14.6 Å². The van der Waals surface area contributed by atoms with Gasteiger partial charge in [0.15, 0.2) is 11.3 Å². The summed E-state index contributed by atoms with van der Waals surface area (Å²) < 4.78 is 22.3. The van der Waals surface area contributed by atoms with E-state index in [-0.39, 0.29) is 28.1 Å². The Morgan fingerprint density at radius 2 is 1.70 bits per heavy atom. The molecule has 0 radical (unpaired) electrons. The summed E-state index contributed by atoms with van der Waals surface area (Å²) in [4.78, 5) is 24.4. The molecule has 1 aliphatic carbocycles. The Labute approximate surface area is 223 Å². The van der Waals surface area contributed by atoms with Gasteiger partial charge in [0.1, 0.15) is 20.7 Å². The molecule has 0 amide bonds. The van der Waals surface area contributed by atoms with Crippen LogP contribution in [0.5, 0.6) is 5.75 Å². The Kier molecular flexibility index (Phi) is 6.22. The molecule has 1 heterocycles. The Balaban J connectivity index is 2.36. The van der Waals surface area contributed by atoms with E-state index in [1.54, 1.807) is 12.1 Å². The van der Waals surface area contributed by atoms with Gasteiger partial charge in [-0.1, -0.05) is 12.1 Å². The second kappa shape index (κ2) is 8.31. The summed E-state index contributed by atoms with van der Waals surface area (Å²) >= 11 is 7.70. The fourth-order valence-corrected chi connectivity index (χ4v) is 6.81. The molecule has 2 aliphatic rings. The molecule has 10 heteroatoms. The predicted molar refractivity (Wildman–Crippen MR) is 144 cm³/mol. The van der Waals surface area contributed by atoms with Gasteiger partial charge in [0.05, 0.1) is 10.7 Å². The molecule has 30 heavy (non-hydrogen) atoms. The number of rotatable bonds is 2. The molecule has 2 aromatic carbocycles. The predicted octanol–water partition coefficient (Wildman–Crippen LogP) is 6.53. The fourth-order valence-electron chi connectivity index (χ4n) is 3.23. The first kappa shape index (κ1) is 22.4. The normalized spacial score (nSPS) is 11.4. The van der Waals surface area contributed by atoms with Gasteiger partial charge in [-0.2, -0.15) is 0 Å². The van der Waals surface area contributed by atoms with Crippen molar-refractivity contribution in [1.29, 1.82) is 0 Å². The van der Waals surface area contributed by atoms with Gasteiger partial charge >= 0.3 is 5.97 Å². The molecule has 0 unspecified atom stereocenters. The number of phenols is 1. The average molecular weight is 854 g/mol. The Bertz CT molecular complexity index is 1410. The Hall–Kier alpha value is -0.750. The molecule has 0 aromatic heterocycles. The highest BCUT2D eigenvalue weighted by Crippen LogP contribution is 2.46. The molecule has 2 aromatic rings. The van der Waals surface area contributed by atoms with Crippen molar-refractivity contribution in [2.45, 2.75) is 0 Å². The SMILES string of the molecule is O=C(O)c1c(F)cccc1-c1c2cc(I)c(=O)c(I)c-2oc2c(I)c(O)c(I)cc12. The first-order valence-corrected chi connectivity index (χ1v) is 12.4. The number of fused-ring (bicyclic) bond motifs is 2. The van der Waals surface area contributed by atoms with Gasteiger partial charge in [-0.15, -0.1) is 0 Å². The largest absolute Gasteiger partial charge is 0.506 e. The van der Waals surface area contributed by atoms with Gasteiger partial charge in [-0.05, 0) is 109 Å². The number of aromatic carboxylic acids is 1. The van der Waals surface area contributed by atoms with E-state index in [1.165, 1.54) is 12.1 Å². The van der Waals surface area contributed by atoms with Crippen molar-refractivity contribution in [2.75, 3.05) is 0 Å². The van der Waals surface area contributed by atoms with E-state index in [1.807, 2.05) is 90.4 Å². The molecule has 0 saturated carbocycles. The lowest BCUT2D eigenvalue weighted by atomic mass is 9.90. The highest BCUT2D eigenvalue weighted by molar-refractivity contribution is 14.1. The van der Waals surface area contributed by atoms with Crippen LogP contribution in [0.4, 0.5) is 4.39 Å². The minimum Gasteiger partial charge on any atom is -0.506 e. The van der Waals surface area contributed by atoms with Crippen LogP contribution in [0, 0.1) is 20.1 Å². The first-order valence-electron chi connectivity index (χ1n) is 8.11. The number of carbonyl (C=O) groups is 1. The zero-order chi connectivity index (χ0) is 21.9. The summed E-state index contributed by atoms with van der Waals surface area (Å²) in [5.41, 5.74) is 0.669. The molecule has 0 bridgehead atoms. The van der Waals surface area contributed by atoms with Gasteiger partial charge in [0, 0.05) is 22.1 Å². The van der Waals surface area contributed by atoms with Crippen LogP contribution in [0.3, 0.4) is 0 Å². The minimum atomic E-state index is -1.40. The molecular weight excluding hydrogens is 847 g/mol. The third kappa shape index (κ3) is 3.50. The third-order valence-corrected chi connectivity index (χ3v) is 8.12. The van der Waals surface area contributed by atoms with E-state index in [4.69, 9.17) is 4.42 Å². The number of carboxylic acid groups (broad SMARTS) is 1. The summed E-state index contributed by atoms with van der Waals surface area (Å²) in [6.07, 6.45) is 0. The number of carboxylic acids is 1. The van der Waals surface area contributed by atoms with Crippen molar-refractivity contribution in [3.63, 3.8) is 0 Å². The molecule has 2 N–H and O–H groups in total. The number of aromatic hydroxyl groups is 1. The quantitative estimate of drug-likeness (QED) is 0.177. The van der Waals surface area contributed by atoms with E-state index >= 15 is 0 Å². The van der Waals surface area contributed by atoms with Crippen LogP contribution in [0.1, 0.15) is 10.4 Å². The molecular formula is C20H7FI4O5. The zero-order valence-electron chi connectivity index (χ0n) is 14.4. The van der Waals surface area contributed by atoms with Crippen LogP contribution in [0.25, 0.3) is 33.4 Å². The van der Waals surface area contributed by atoms with E-state index in [9.17, 15) is 24.2 Å². The first-order chi connectivity index (χ1) is 14.1. The highest BCUT2D eigenvalue weighted by Gasteiger charge is 2.28. The van der Waals surface area contributed by atoms with Crippen LogP contribution in [-0.4, -0.2) is 16.2 Å². The summed E-state index contributed by atoms with van der Waals surface area (Å²) in [5, 5.41) is 20.6. The summed E-state index contributed by atoms with van der Waals surface area (Å²) in [5.74, 6) is -2.01. The summed E-state index contributed by atoms with van der Waals surface area (Å²) in [6.45, 7) is 0.